The molecule has 25 heavy (non-hydrogen) atoms. The van der Waals surface area contributed by atoms with Crippen LogP contribution in [0.25, 0.3) is 0 Å². The molecule has 0 bridgehead atoms. The van der Waals surface area contributed by atoms with Gasteiger partial charge < -0.3 is 9.84 Å². The van der Waals surface area contributed by atoms with Crippen LogP contribution in [0.4, 0.5) is 0 Å². The van der Waals surface area contributed by atoms with Gasteiger partial charge in [0.25, 0.3) is 0 Å². The maximum atomic E-state index is 11.1. The molecule has 3 aromatic rings. The molecule has 130 valence electrons. The predicted molar refractivity (Wildman–Crippen MR) is 96.9 cm³/mol. The van der Waals surface area contributed by atoms with E-state index in [1.54, 1.807) is 23.1 Å². The number of ether oxygens (including phenoxy) is 1. The van der Waals surface area contributed by atoms with E-state index in [1.165, 1.54) is 6.33 Å². The van der Waals surface area contributed by atoms with Gasteiger partial charge in [0.15, 0.2) is 0 Å². The summed E-state index contributed by atoms with van der Waals surface area (Å²) in [6.45, 7) is 4.27. The smallest absolute Gasteiger partial charge is 0.137 e. The molecule has 0 spiro atoms. The molecule has 0 aliphatic rings. The van der Waals surface area contributed by atoms with Crippen LogP contribution in [0, 0.1) is 6.92 Å². The lowest BCUT2D eigenvalue weighted by Gasteiger charge is -2.29. The Morgan fingerprint density at radius 1 is 1.16 bits per heavy atom. The largest absolute Gasteiger partial charge is 0.457 e. The summed E-state index contributed by atoms with van der Waals surface area (Å²) >= 11 is 5.89. The fourth-order valence-electron chi connectivity index (χ4n) is 2.83. The highest BCUT2D eigenvalue weighted by Crippen LogP contribution is 2.33. The van der Waals surface area contributed by atoms with Gasteiger partial charge in [-0.25, -0.2) is 9.67 Å². The third-order valence-corrected chi connectivity index (χ3v) is 4.48. The first-order valence-corrected chi connectivity index (χ1v) is 8.47. The zero-order chi connectivity index (χ0) is 17.9. The number of halogens is 1. The first-order chi connectivity index (χ1) is 12.0. The van der Waals surface area contributed by atoms with Gasteiger partial charge in [-0.1, -0.05) is 24.6 Å². The van der Waals surface area contributed by atoms with Gasteiger partial charge in [0, 0.05) is 5.02 Å². The SMILES string of the molecule is CCC(O)(Cn1cncn1)c1ccc(Oc2ccc(Cl)cc2)cc1C. The van der Waals surface area contributed by atoms with E-state index in [-0.39, 0.29) is 0 Å². The van der Waals surface area contributed by atoms with Crippen LogP contribution in [0.3, 0.4) is 0 Å². The first-order valence-electron chi connectivity index (χ1n) is 8.09. The maximum absolute atomic E-state index is 11.1. The molecular formula is C19H20ClN3O2. The minimum atomic E-state index is -1.02. The van der Waals surface area contributed by atoms with Gasteiger partial charge in [0.1, 0.15) is 29.8 Å². The van der Waals surface area contributed by atoms with Crippen LogP contribution in [0.5, 0.6) is 11.5 Å². The van der Waals surface area contributed by atoms with Crippen LogP contribution in [0.1, 0.15) is 24.5 Å². The van der Waals surface area contributed by atoms with Crippen molar-refractivity contribution in [3.05, 3.63) is 71.3 Å². The number of aromatic nitrogens is 3. The van der Waals surface area contributed by atoms with Crippen LogP contribution in [-0.4, -0.2) is 19.9 Å². The molecule has 3 rings (SSSR count). The molecule has 0 saturated carbocycles. The molecule has 1 aromatic heterocycles. The summed E-state index contributed by atoms with van der Waals surface area (Å²) in [5.41, 5.74) is 0.793. The van der Waals surface area contributed by atoms with Crippen LogP contribution in [0.2, 0.25) is 5.02 Å². The highest BCUT2D eigenvalue weighted by Gasteiger charge is 2.30. The molecule has 1 heterocycles. The molecule has 1 unspecified atom stereocenters. The van der Waals surface area contributed by atoms with E-state index < -0.39 is 5.60 Å². The number of hydrogen-bond acceptors (Lipinski definition) is 4. The number of rotatable bonds is 6. The minimum absolute atomic E-state index is 0.349. The maximum Gasteiger partial charge on any atom is 0.137 e. The Morgan fingerprint density at radius 3 is 2.48 bits per heavy atom. The van der Waals surface area contributed by atoms with Gasteiger partial charge in [-0.3, -0.25) is 0 Å². The molecule has 0 radical (unpaired) electrons. The summed E-state index contributed by atoms with van der Waals surface area (Å²) in [7, 11) is 0. The molecule has 6 heteroatoms. The Labute approximate surface area is 151 Å². The molecule has 2 aromatic carbocycles. The normalized spacial score (nSPS) is 13.4. The summed E-state index contributed by atoms with van der Waals surface area (Å²) in [4.78, 5) is 3.94. The van der Waals surface area contributed by atoms with Crippen molar-refractivity contribution in [3.8, 4) is 11.5 Å². The predicted octanol–water partition coefficient (Wildman–Crippen LogP) is 4.33. The molecule has 0 fully saturated rings. The van der Waals surface area contributed by atoms with Crippen molar-refractivity contribution in [1.82, 2.24) is 14.8 Å². The Balaban J connectivity index is 1.83. The lowest BCUT2D eigenvalue weighted by Crippen LogP contribution is -2.31. The first kappa shape index (κ1) is 17.5. The van der Waals surface area contributed by atoms with Crippen LogP contribution < -0.4 is 4.74 Å². The van der Waals surface area contributed by atoms with Crippen LogP contribution >= 0.6 is 11.6 Å². The van der Waals surface area contributed by atoms with E-state index in [4.69, 9.17) is 16.3 Å². The fraction of sp³-hybridized carbons (Fsp3) is 0.263. The number of aliphatic hydroxyl groups is 1. The molecule has 1 N–H and O–H groups in total. The number of aryl methyl sites for hydroxylation is 1. The van der Waals surface area contributed by atoms with Gasteiger partial charge in [0.05, 0.1) is 6.54 Å². The molecular weight excluding hydrogens is 338 g/mol. The van der Waals surface area contributed by atoms with Crippen LogP contribution in [0.15, 0.2) is 55.1 Å². The Bertz CT molecular complexity index is 834. The van der Waals surface area contributed by atoms with Crippen molar-refractivity contribution in [2.24, 2.45) is 0 Å². The molecule has 0 aliphatic heterocycles. The Hall–Kier alpha value is -2.37. The molecule has 1 atom stereocenters. The second-order valence-corrected chi connectivity index (χ2v) is 6.45. The van der Waals surface area contributed by atoms with Crippen LogP contribution in [-0.2, 0) is 12.1 Å². The quantitative estimate of drug-likeness (QED) is 0.713. The molecule has 0 amide bonds. The van der Waals surface area contributed by atoms with Gasteiger partial charge in [-0.2, -0.15) is 5.10 Å². The minimum Gasteiger partial charge on any atom is -0.457 e. The second-order valence-electron chi connectivity index (χ2n) is 6.01. The summed E-state index contributed by atoms with van der Waals surface area (Å²) in [5, 5.41) is 15.9. The van der Waals surface area contributed by atoms with Gasteiger partial charge in [0.2, 0.25) is 0 Å². The monoisotopic (exact) mass is 357 g/mol. The summed E-state index contributed by atoms with van der Waals surface area (Å²) in [6, 6.07) is 12.9. The number of hydrogen-bond donors (Lipinski definition) is 1. The molecule has 0 aliphatic carbocycles. The van der Waals surface area contributed by atoms with E-state index in [0.717, 1.165) is 11.1 Å². The van der Waals surface area contributed by atoms with E-state index in [2.05, 4.69) is 10.1 Å². The van der Waals surface area contributed by atoms with E-state index >= 15 is 0 Å². The topological polar surface area (TPSA) is 60.2 Å². The molecule has 0 saturated heterocycles. The van der Waals surface area contributed by atoms with Gasteiger partial charge in [-0.15, -0.1) is 0 Å². The van der Waals surface area contributed by atoms with Crippen molar-refractivity contribution >= 4 is 11.6 Å². The summed E-state index contributed by atoms with van der Waals surface area (Å²) < 4.78 is 7.49. The van der Waals surface area contributed by atoms with Crippen molar-refractivity contribution in [2.45, 2.75) is 32.4 Å². The van der Waals surface area contributed by atoms with Crippen molar-refractivity contribution in [2.75, 3.05) is 0 Å². The summed E-state index contributed by atoms with van der Waals surface area (Å²) in [5.74, 6) is 1.42. The standard InChI is InChI=1S/C19H20ClN3O2/c1-3-19(24,11-23-13-21-12-22-23)18-9-8-17(10-14(18)2)25-16-6-4-15(20)5-7-16/h4-10,12-13,24H,3,11H2,1-2H3. The second kappa shape index (κ2) is 7.25. The number of nitrogens with zero attached hydrogens (tertiary/aromatic N) is 3. The summed E-state index contributed by atoms with van der Waals surface area (Å²) in [6.07, 6.45) is 3.63. The molecule has 5 nitrogen and oxygen atoms in total. The van der Waals surface area contributed by atoms with Crippen molar-refractivity contribution < 1.29 is 9.84 Å². The van der Waals surface area contributed by atoms with Crippen molar-refractivity contribution in [1.29, 1.82) is 0 Å². The Kier molecular flexibility index (Phi) is 5.06. The van der Waals surface area contributed by atoms with E-state index in [1.807, 2.05) is 44.2 Å². The van der Waals surface area contributed by atoms with Crippen molar-refractivity contribution in [3.63, 3.8) is 0 Å². The third kappa shape index (κ3) is 4.00. The lowest BCUT2D eigenvalue weighted by molar-refractivity contribution is 0.0103. The van der Waals surface area contributed by atoms with Gasteiger partial charge in [-0.05, 0) is 60.9 Å². The highest BCUT2D eigenvalue weighted by atomic mass is 35.5. The van der Waals surface area contributed by atoms with E-state index in [0.29, 0.717) is 29.5 Å². The average Bonchev–Trinajstić information content (AvgIpc) is 3.09. The zero-order valence-corrected chi connectivity index (χ0v) is 14.9. The Morgan fingerprint density at radius 2 is 1.88 bits per heavy atom. The van der Waals surface area contributed by atoms with Gasteiger partial charge >= 0.3 is 0 Å². The average molecular weight is 358 g/mol. The lowest BCUT2D eigenvalue weighted by atomic mass is 9.87. The number of benzene rings is 2. The highest BCUT2D eigenvalue weighted by molar-refractivity contribution is 6.30. The fourth-order valence-corrected chi connectivity index (χ4v) is 2.96. The third-order valence-electron chi connectivity index (χ3n) is 4.22. The zero-order valence-electron chi connectivity index (χ0n) is 14.2. The van der Waals surface area contributed by atoms with E-state index in [9.17, 15) is 5.11 Å².